The quantitative estimate of drug-likeness (QED) is 0.760. The van der Waals surface area contributed by atoms with Crippen molar-refractivity contribution < 1.29 is 19.1 Å². The Balaban J connectivity index is 2.40. The minimum absolute atomic E-state index is 0.212. The van der Waals surface area contributed by atoms with Gasteiger partial charge in [0.2, 0.25) is 11.8 Å². The maximum absolute atomic E-state index is 12.0. The number of nitrogens with zero attached hydrogens (tertiary/aromatic N) is 1. The van der Waals surface area contributed by atoms with Crippen LogP contribution in [0.25, 0.3) is 0 Å². The summed E-state index contributed by atoms with van der Waals surface area (Å²) in [6.45, 7) is 6.85. The van der Waals surface area contributed by atoms with Crippen molar-refractivity contribution in [1.82, 2.24) is 15.8 Å². The second-order valence-electron chi connectivity index (χ2n) is 5.62. The van der Waals surface area contributed by atoms with Gasteiger partial charge in [0.1, 0.15) is 0 Å². The first-order valence-electron chi connectivity index (χ1n) is 7.44. The third-order valence-electron chi connectivity index (χ3n) is 3.24. The number of nitrogens with one attached hydrogen (secondary N) is 2. The van der Waals surface area contributed by atoms with Gasteiger partial charge in [-0.25, -0.2) is 4.79 Å². The zero-order chi connectivity index (χ0) is 15.8. The lowest BCUT2D eigenvalue weighted by atomic mass is 9.98. The van der Waals surface area contributed by atoms with Gasteiger partial charge in [-0.05, 0) is 25.7 Å². The van der Waals surface area contributed by atoms with E-state index in [1.165, 1.54) is 4.90 Å². The van der Waals surface area contributed by atoms with E-state index in [9.17, 15) is 14.4 Å². The molecule has 120 valence electrons. The molecule has 1 aliphatic heterocycles. The van der Waals surface area contributed by atoms with E-state index in [1.54, 1.807) is 6.92 Å². The van der Waals surface area contributed by atoms with Crippen molar-refractivity contribution in [3.8, 4) is 0 Å². The number of hydrogen-bond acceptors (Lipinski definition) is 4. The maximum atomic E-state index is 12.0. The minimum atomic E-state index is -0.390. The van der Waals surface area contributed by atoms with Gasteiger partial charge >= 0.3 is 6.09 Å². The molecular weight excluding hydrogens is 274 g/mol. The zero-order valence-corrected chi connectivity index (χ0v) is 13.0. The van der Waals surface area contributed by atoms with Crippen molar-refractivity contribution in [2.75, 3.05) is 19.7 Å². The van der Waals surface area contributed by atoms with Gasteiger partial charge in [-0.3, -0.25) is 20.4 Å². The number of hydrogen-bond donors (Lipinski definition) is 2. The number of ether oxygens (including phenoxy) is 1. The standard InChI is InChI=1S/C14H25N3O4/c1-4-21-14(20)17-7-5-6-11(9-17)13(19)16-15-12(18)8-10(2)3/h10-11H,4-9H2,1-3H3,(H,15,18)(H,16,19). The topological polar surface area (TPSA) is 87.7 Å². The summed E-state index contributed by atoms with van der Waals surface area (Å²) in [5, 5.41) is 0. The van der Waals surface area contributed by atoms with Gasteiger partial charge in [0, 0.05) is 19.5 Å². The number of hydrazine groups is 1. The average molecular weight is 299 g/mol. The highest BCUT2D eigenvalue weighted by Crippen LogP contribution is 2.17. The molecule has 0 aromatic carbocycles. The van der Waals surface area contributed by atoms with Crippen LogP contribution in [0.2, 0.25) is 0 Å². The fraction of sp³-hybridized carbons (Fsp3) is 0.786. The van der Waals surface area contributed by atoms with Crippen LogP contribution in [0.5, 0.6) is 0 Å². The molecule has 0 spiro atoms. The Bertz CT molecular complexity index is 384. The molecule has 1 atom stereocenters. The number of amides is 3. The molecule has 7 nitrogen and oxygen atoms in total. The van der Waals surface area contributed by atoms with Crippen LogP contribution in [0.3, 0.4) is 0 Å². The Morgan fingerprint density at radius 2 is 2.00 bits per heavy atom. The molecule has 2 N–H and O–H groups in total. The number of piperidine rings is 1. The minimum Gasteiger partial charge on any atom is -0.450 e. The highest BCUT2D eigenvalue weighted by atomic mass is 16.6. The number of carbonyl (C=O) groups excluding carboxylic acids is 3. The summed E-state index contributed by atoms with van der Waals surface area (Å²) in [7, 11) is 0. The Morgan fingerprint density at radius 1 is 1.29 bits per heavy atom. The molecule has 1 saturated heterocycles. The SMILES string of the molecule is CCOC(=O)N1CCCC(C(=O)NNC(=O)CC(C)C)C1. The molecule has 3 amide bonds. The molecule has 0 aliphatic carbocycles. The second kappa shape index (κ2) is 8.49. The lowest BCUT2D eigenvalue weighted by Gasteiger charge is -2.31. The lowest BCUT2D eigenvalue weighted by molar-refractivity contribution is -0.132. The van der Waals surface area contributed by atoms with E-state index in [1.807, 2.05) is 13.8 Å². The monoisotopic (exact) mass is 299 g/mol. The summed E-state index contributed by atoms with van der Waals surface area (Å²) in [6, 6.07) is 0. The Hall–Kier alpha value is -1.79. The summed E-state index contributed by atoms with van der Waals surface area (Å²) < 4.78 is 4.94. The lowest BCUT2D eigenvalue weighted by Crippen LogP contribution is -2.50. The van der Waals surface area contributed by atoms with Crippen LogP contribution < -0.4 is 10.9 Å². The van der Waals surface area contributed by atoms with E-state index in [-0.39, 0.29) is 29.7 Å². The molecule has 1 aliphatic rings. The van der Waals surface area contributed by atoms with Crippen molar-refractivity contribution in [3.63, 3.8) is 0 Å². The van der Waals surface area contributed by atoms with Crippen LogP contribution >= 0.6 is 0 Å². The molecule has 7 heteroatoms. The van der Waals surface area contributed by atoms with Gasteiger partial charge in [0.15, 0.2) is 0 Å². The van der Waals surface area contributed by atoms with Crippen LogP contribution in [-0.4, -0.2) is 42.5 Å². The predicted octanol–water partition coefficient (Wildman–Crippen LogP) is 1.05. The number of likely N-dealkylation sites (tertiary alicyclic amines) is 1. The first kappa shape index (κ1) is 17.3. The molecular formula is C14H25N3O4. The van der Waals surface area contributed by atoms with Crippen LogP contribution in [0.1, 0.15) is 40.0 Å². The van der Waals surface area contributed by atoms with E-state index < -0.39 is 0 Å². The third-order valence-corrected chi connectivity index (χ3v) is 3.24. The van der Waals surface area contributed by atoms with Crippen molar-refractivity contribution in [2.24, 2.45) is 11.8 Å². The average Bonchev–Trinajstić information content (AvgIpc) is 2.44. The fourth-order valence-corrected chi connectivity index (χ4v) is 2.23. The Morgan fingerprint density at radius 3 is 2.62 bits per heavy atom. The highest BCUT2D eigenvalue weighted by molar-refractivity contribution is 5.84. The Labute approximate surface area is 125 Å². The highest BCUT2D eigenvalue weighted by Gasteiger charge is 2.29. The first-order chi connectivity index (χ1) is 9.93. The molecule has 0 radical (unpaired) electrons. The molecule has 1 rings (SSSR count). The second-order valence-corrected chi connectivity index (χ2v) is 5.62. The van der Waals surface area contributed by atoms with Crippen LogP contribution in [0.15, 0.2) is 0 Å². The maximum Gasteiger partial charge on any atom is 0.409 e. The molecule has 21 heavy (non-hydrogen) atoms. The molecule has 1 unspecified atom stereocenters. The van der Waals surface area contributed by atoms with Crippen LogP contribution in [-0.2, 0) is 14.3 Å². The van der Waals surface area contributed by atoms with Crippen molar-refractivity contribution in [2.45, 2.75) is 40.0 Å². The van der Waals surface area contributed by atoms with Crippen molar-refractivity contribution >= 4 is 17.9 Å². The van der Waals surface area contributed by atoms with E-state index in [4.69, 9.17) is 4.74 Å². The van der Waals surface area contributed by atoms with E-state index in [0.717, 1.165) is 6.42 Å². The third kappa shape index (κ3) is 6.01. The summed E-state index contributed by atoms with van der Waals surface area (Å²) in [4.78, 5) is 36.7. The van der Waals surface area contributed by atoms with Gasteiger partial charge in [-0.15, -0.1) is 0 Å². The summed E-state index contributed by atoms with van der Waals surface area (Å²) in [6.07, 6.45) is 1.41. The first-order valence-corrected chi connectivity index (χ1v) is 7.44. The summed E-state index contributed by atoms with van der Waals surface area (Å²) in [5.41, 5.74) is 4.84. The van der Waals surface area contributed by atoms with Crippen LogP contribution in [0.4, 0.5) is 4.79 Å². The largest absolute Gasteiger partial charge is 0.450 e. The molecule has 0 bridgehead atoms. The molecule has 1 fully saturated rings. The van der Waals surface area contributed by atoms with Crippen molar-refractivity contribution in [3.05, 3.63) is 0 Å². The van der Waals surface area contributed by atoms with Gasteiger partial charge in [0.05, 0.1) is 12.5 Å². The molecule has 0 aromatic rings. The Kier molecular flexibility index (Phi) is 6.98. The molecule has 0 aromatic heterocycles. The van der Waals surface area contributed by atoms with Crippen molar-refractivity contribution in [1.29, 1.82) is 0 Å². The normalized spacial score (nSPS) is 18.3. The van der Waals surface area contributed by atoms with Gasteiger partial charge < -0.3 is 9.64 Å². The van der Waals surface area contributed by atoms with E-state index in [0.29, 0.717) is 32.5 Å². The predicted molar refractivity (Wildman–Crippen MR) is 77.1 cm³/mol. The molecule has 1 heterocycles. The number of rotatable bonds is 4. The van der Waals surface area contributed by atoms with Crippen LogP contribution in [0, 0.1) is 11.8 Å². The van der Waals surface area contributed by atoms with E-state index in [2.05, 4.69) is 10.9 Å². The zero-order valence-electron chi connectivity index (χ0n) is 13.0. The smallest absolute Gasteiger partial charge is 0.409 e. The number of carbonyl (C=O) groups is 3. The van der Waals surface area contributed by atoms with Gasteiger partial charge in [-0.2, -0.15) is 0 Å². The molecule has 0 saturated carbocycles. The summed E-state index contributed by atoms with van der Waals surface area (Å²) >= 11 is 0. The van der Waals surface area contributed by atoms with Gasteiger partial charge in [0.25, 0.3) is 0 Å². The fourth-order valence-electron chi connectivity index (χ4n) is 2.23. The van der Waals surface area contributed by atoms with E-state index >= 15 is 0 Å². The van der Waals surface area contributed by atoms with Gasteiger partial charge in [-0.1, -0.05) is 13.8 Å². The summed E-state index contributed by atoms with van der Waals surface area (Å²) in [5.74, 6) is -0.559.